The maximum Gasteiger partial charge on any atom is 0.263 e. The summed E-state index contributed by atoms with van der Waals surface area (Å²) in [7, 11) is 1.65. The van der Waals surface area contributed by atoms with E-state index in [4.69, 9.17) is 9.72 Å². The molecule has 6 heteroatoms. The minimum atomic E-state index is 0.00933. The zero-order valence-electron chi connectivity index (χ0n) is 18.2. The Morgan fingerprint density at radius 3 is 2.48 bits per heavy atom. The van der Waals surface area contributed by atoms with E-state index in [2.05, 4.69) is 18.7 Å². The number of aromatic nitrogens is 2. The van der Waals surface area contributed by atoms with Gasteiger partial charge >= 0.3 is 0 Å². The molecule has 160 valence electrons. The highest BCUT2D eigenvalue weighted by Crippen LogP contribution is 2.33. The Morgan fingerprint density at radius 2 is 1.77 bits per heavy atom. The summed E-state index contributed by atoms with van der Waals surface area (Å²) in [6, 6.07) is 17.8. The van der Waals surface area contributed by atoms with Gasteiger partial charge in [0, 0.05) is 29.6 Å². The Kier molecular flexibility index (Phi) is 6.49. The standard InChI is InChI=1S/C25H27N3O2S/c1-4-27(5-2)14-15-28-23(18-10-7-6-8-11-18)26-24-22(25(28)29)21(17-31-24)19-12-9-13-20(16-19)30-3/h6-13,16-17H,4-5,14-15H2,1-3H3. The van der Waals surface area contributed by atoms with Gasteiger partial charge in [-0.1, -0.05) is 56.3 Å². The van der Waals surface area contributed by atoms with Crippen molar-refractivity contribution in [1.82, 2.24) is 14.5 Å². The van der Waals surface area contributed by atoms with Crippen LogP contribution in [0.2, 0.25) is 0 Å². The number of rotatable bonds is 8. The molecule has 0 aliphatic heterocycles. The molecule has 0 radical (unpaired) electrons. The van der Waals surface area contributed by atoms with Crippen LogP contribution in [0.15, 0.2) is 64.8 Å². The van der Waals surface area contributed by atoms with Crippen molar-refractivity contribution in [3.05, 3.63) is 70.3 Å². The lowest BCUT2D eigenvalue weighted by molar-refractivity contribution is 0.289. The molecule has 2 aromatic heterocycles. The highest BCUT2D eigenvalue weighted by Gasteiger charge is 2.18. The van der Waals surface area contributed by atoms with Gasteiger partial charge in [-0.2, -0.15) is 0 Å². The first kappa shape index (κ1) is 21.3. The lowest BCUT2D eigenvalue weighted by Crippen LogP contribution is -2.32. The molecule has 2 heterocycles. The van der Waals surface area contributed by atoms with Gasteiger partial charge in [-0.15, -0.1) is 11.3 Å². The maximum atomic E-state index is 13.8. The molecule has 5 nitrogen and oxygen atoms in total. The number of benzene rings is 2. The fourth-order valence-corrected chi connectivity index (χ4v) is 4.76. The van der Waals surface area contributed by atoms with Crippen molar-refractivity contribution in [2.75, 3.05) is 26.7 Å². The fourth-order valence-electron chi connectivity index (χ4n) is 3.82. The van der Waals surface area contributed by atoms with Crippen LogP contribution in [0.5, 0.6) is 5.75 Å². The molecule has 2 aromatic carbocycles. The molecule has 31 heavy (non-hydrogen) atoms. The van der Waals surface area contributed by atoms with Crippen LogP contribution in [0.3, 0.4) is 0 Å². The summed E-state index contributed by atoms with van der Waals surface area (Å²) in [5.74, 6) is 1.50. The Hall–Kier alpha value is -2.96. The number of nitrogens with zero attached hydrogens (tertiary/aromatic N) is 3. The van der Waals surface area contributed by atoms with Crippen molar-refractivity contribution in [3.63, 3.8) is 0 Å². The molecule has 0 unspecified atom stereocenters. The highest BCUT2D eigenvalue weighted by atomic mass is 32.1. The monoisotopic (exact) mass is 433 g/mol. The summed E-state index contributed by atoms with van der Waals surface area (Å²) in [5, 5.41) is 2.70. The van der Waals surface area contributed by atoms with Gasteiger partial charge < -0.3 is 9.64 Å². The lowest BCUT2D eigenvalue weighted by atomic mass is 10.1. The minimum Gasteiger partial charge on any atom is -0.497 e. The Bertz CT molecular complexity index is 1230. The summed E-state index contributed by atoms with van der Waals surface area (Å²) < 4.78 is 7.22. The quantitative estimate of drug-likeness (QED) is 0.386. The van der Waals surface area contributed by atoms with Crippen LogP contribution < -0.4 is 10.3 Å². The van der Waals surface area contributed by atoms with Gasteiger partial charge in [-0.05, 0) is 30.8 Å². The average Bonchev–Trinajstić information content (AvgIpc) is 3.25. The molecule has 0 amide bonds. The van der Waals surface area contributed by atoms with Crippen LogP contribution >= 0.6 is 11.3 Å². The molecule has 0 saturated heterocycles. The van der Waals surface area contributed by atoms with Gasteiger partial charge in [-0.25, -0.2) is 4.98 Å². The Morgan fingerprint density at radius 1 is 1.03 bits per heavy atom. The molecule has 0 spiro atoms. The van der Waals surface area contributed by atoms with Crippen LogP contribution in [0.4, 0.5) is 0 Å². The second kappa shape index (κ2) is 9.45. The van der Waals surface area contributed by atoms with Gasteiger partial charge in [0.05, 0.1) is 12.5 Å². The van der Waals surface area contributed by atoms with Gasteiger partial charge in [0.1, 0.15) is 16.4 Å². The number of likely N-dealkylation sites (N-methyl/N-ethyl adjacent to an activating group) is 1. The van der Waals surface area contributed by atoms with Crippen LogP contribution in [-0.2, 0) is 6.54 Å². The van der Waals surface area contributed by atoms with E-state index in [1.807, 2.05) is 64.5 Å². The predicted octanol–water partition coefficient (Wildman–Crippen LogP) is 5.14. The van der Waals surface area contributed by atoms with Crippen molar-refractivity contribution >= 4 is 21.6 Å². The van der Waals surface area contributed by atoms with Crippen molar-refractivity contribution in [2.24, 2.45) is 0 Å². The molecule has 0 N–H and O–H groups in total. The Balaban J connectivity index is 1.90. The third-order valence-corrected chi connectivity index (χ3v) is 6.51. The van der Waals surface area contributed by atoms with Crippen molar-refractivity contribution < 1.29 is 4.74 Å². The molecule has 0 saturated carbocycles. The first-order valence-corrected chi connectivity index (χ1v) is 11.5. The largest absolute Gasteiger partial charge is 0.497 e. The minimum absolute atomic E-state index is 0.00933. The molecule has 0 bridgehead atoms. The third kappa shape index (κ3) is 4.27. The number of ether oxygens (including phenoxy) is 1. The van der Waals surface area contributed by atoms with Crippen LogP contribution in [0, 0.1) is 0 Å². The number of thiophene rings is 1. The van der Waals surface area contributed by atoms with Gasteiger partial charge in [0.25, 0.3) is 5.56 Å². The SMILES string of the molecule is CCN(CC)CCn1c(-c2ccccc2)nc2scc(-c3cccc(OC)c3)c2c1=O. The summed E-state index contributed by atoms with van der Waals surface area (Å²) >= 11 is 1.51. The highest BCUT2D eigenvalue weighted by molar-refractivity contribution is 7.17. The summed E-state index contributed by atoms with van der Waals surface area (Å²) in [6.45, 7) is 7.60. The van der Waals surface area contributed by atoms with Crippen molar-refractivity contribution in [3.8, 4) is 28.3 Å². The van der Waals surface area contributed by atoms with Gasteiger partial charge in [-0.3, -0.25) is 9.36 Å². The van der Waals surface area contributed by atoms with E-state index < -0.39 is 0 Å². The fraction of sp³-hybridized carbons (Fsp3) is 0.280. The van der Waals surface area contributed by atoms with E-state index in [-0.39, 0.29) is 5.56 Å². The zero-order chi connectivity index (χ0) is 21.8. The topological polar surface area (TPSA) is 47.4 Å². The third-order valence-electron chi connectivity index (χ3n) is 5.64. The number of fused-ring (bicyclic) bond motifs is 1. The second-order valence-electron chi connectivity index (χ2n) is 7.35. The van der Waals surface area contributed by atoms with E-state index in [1.54, 1.807) is 7.11 Å². The smallest absolute Gasteiger partial charge is 0.263 e. The number of hydrogen-bond acceptors (Lipinski definition) is 5. The molecule has 0 aliphatic rings. The average molecular weight is 434 g/mol. The number of methoxy groups -OCH3 is 1. The van der Waals surface area contributed by atoms with E-state index in [0.717, 1.165) is 52.7 Å². The molecule has 0 fully saturated rings. The molecular weight excluding hydrogens is 406 g/mol. The van der Waals surface area contributed by atoms with Crippen molar-refractivity contribution in [2.45, 2.75) is 20.4 Å². The second-order valence-corrected chi connectivity index (χ2v) is 8.20. The lowest BCUT2D eigenvalue weighted by Gasteiger charge is -2.20. The first-order valence-electron chi connectivity index (χ1n) is 10.6. The van der Waals surface area contributed by atoms with Crippen LogP contribution in [-0.4, -0.2) is 41.2 Å². The molecule has 0 atom stereocenters. The van der Waals surface area contributed by atoms with E-state index in [1.165, 1.54) is 11.3 Å². The van der Waals surface area contributed by atoms with E-state index in [9.17, 15) is 4.79 Å². The number of hydrogen-bond donors (Lipinski definition) is 0. The summed E-state index contributed by atoms with van der Waals surface area (Å²) in [6.07, 6.45) is 0. The summed E-state index contributed by atoms with van der Waals surface area (Å²) in [5.41, 5.74) is 2.84. The first-order chi connectivity index (χ1) is 15.2. The summed E-state index contributed by atoms with van der Waals surface area (Å²) in [4.78, 5) is 21.8. The molecule has 4 aromatic rings. The molecule has 4 rings (SSSR count). The molecule has 0 aliphatic carbocycles. The van der Waals surface area contributed by atoms with E-state index >= 15 is 0 Å². The van der Waals surface area contributed by atoms with Crippen LogP contribution in [0.25, 0.3) is 32.7 Å². The normalized spacial score (nSPS) is 11.4. The predicted molar refractivity (Wildman–Crippen MR) is 129 cm³/mol. The van der Waals surface area contributed by atoms with E-state index in [0.29, 0.717) is 11.9 Å². The molecular formula is C25H27N3O2S. The maximum absolute atomic E-state index is 13.8. The van der Waals surface area contributed by atoms with Gasteiger partial charge in [0.2, 0.25) is 0 Å². The van der Waals surface area contributed by atoms with Gasteiger partial charge in [0.15, 0.2) is 0 Å². The van der Waals surface area contributed by atoms with Crippen LogP contribution in [0.1, 0.15) is 13.8 Å². The Labute approximate surface area is 186 Å². The van der Waals surface area contributed by atoms with Crippen molar-refractivity contribution in [1.29, 1.82) is 0 Å². The zero-order valence-corrected chi connectivity index (χ0v) is 19.0.